The van der Waals surface area contributed by atoms with Gasteiger partial charge in [-0.3, -0.25) is 4.79 Å². The van der Waals surface area contributed by atoms with Crippen LogP contribution in [0.2, 0.25) is 0 Å². The van der Waals surface area contributed by atoms with Gasteiger partial charge in [-0.2, -0.15) is 0 Å². The van der Waals surface area contributed by atoms with E-state index in [1.54, 1.807) is 5.38 Å². The fraction of sp³-hybridized carbons (Fsp3) is 0.333. The largest absolute Gasteiger partial charge is 0.350 e. The number of hydrogen-bond acceptors (Lipinski definition) is 4. The molecule has 1 amide bonds. The second kappa shape index (κ2) is 8.12. The van der Waals surface area contributed by atoms with Gasteiger partial charge in [-0.15, -0.1) is 23.7 Å². The summed E-state index contributed by atoms with van der Waals surface area (Å²) in [6, 6.07) is 6.24. The Balaban J connectivity index is 0.00000220. The third-order valence-electron chi connectivity index (χ3n) is 3.26. The van der Waals surface area contributed by atoms with Crippen molar-refractivity contribution in [1.29, 1.82) is 0 Å². The summed E-state index contributed by atoms with van der Waals surface area (Å²) in [5.74, 6) is -0.132. The first-order valence-electron chi connectivity index (χ1n) is 6.59. The zero-order valence-electron chi connectivity index (χ0n) is 12.2. The summed E-state index contributed by atoms with van der Waals surface area (Å²) in [5.41, 5.74) is 9.77. The number of nitrogens with one attached hydrogen (secondary N) is 1. The van der Waals surface area contributed by atoms with E-state index in [0.717, 1.165) is 11.4 Å². The molecular weight excluding hydrogens is 306 g/mol. The van der Waals surface area contributed by atoms with Crippen molar-refractivity contribution in [2.24, 2.45) is 5.73 Å². The molecule has 2 aromatic rings. The van der Waals surface area contributed by atoms with Gasteiger partial charge in [0, 0.05) is 18.5 Å². The topological polar surface area (TPSA) is 68.0 Å². The minimum absolute atomic E-state index is 0. The van der Waals surface area contributed by atoms with Crippen molar-refractivity contribution in [1.82, 2.24) is 10.3 Å². The van der Waals surface area contributed by atoms with Crippen molar-refractivity contribution in [3.63, 3.8) is 0 Å². The van der Waals surface area contributed by atoms with Crippen LogP contribution in [0.5, 0.6) is 0 Å². The molecule has 0 aliphatic carbocycles. The summed E-state index contributed by atoms with van der Waals surface area (Å²) in [4.78, 5) is 16.1. The minimum Gasteiger partial charge on any atom is -0.350 e. The summed E-state index contributed by atoms with van der Waals surface area (Å²) in [5, 5.41) is 5.43. The van der Waals surface area contributed by atoms with Crippen LogP contribution in [0.15, 0.2) is 23.6 Å². The second-order valence-corrected chi connectivity index (χ2v) is 5.65. The lowest BCUT2D eigenvalue weighted by Crippen LogP contribution is -2.26. The normalized spacial score (nSPS) is 10.0. The molecule has 0 saturated heterocycles. The molecule has 0 aliphatic heterocycles. The van der Waals surface area contributed by atoms with Gasteiger partial charge in [0.1, 0.15) is 10.7 Å². The Morgan fingerprint density at radius 1 is 1.33 bits per heavy atom. The van der Waals surface area contributed by atoms with Crippen molar-refractivity contribution >= 4 is 29.7 Å². The smallest absolute Gasteiger partial charge is 0.270 e. The van der Waals surface area contributed by atoms with Crippen molar-refractivity contribution in [2.45, 2.75) is 26.8 Å². The summed E-state index contributed by atoms with van der Waals surface area (Å²) in [6.07, 6.45) is 0.831. The van der Waals surface area contributed by atoms with Crippen LogP contribution in [0.3, 0.4) is 0 Å². The Morgan fingerprint density at radius 2 is 2.00 bits per heavy atom. The van der Waals surface area contributed by atoms with Crippen LogP contribution in [0.25, 0.3) is 0 Å². The number of benzene rings is 1. The lowest BCUT2D eigenvalue weighted by molar-refractivity contribution is 0.0949. The molecule has 0 spiro atoms. The predicted molar refractivity (Wildman–Crippen MR) is 89.2 cm³/mol. The van der Waals surface area contributed by atoms with Crippen LogP contribution < -0.4 is 11.1 Å². The van der Waals surface area contributed by atoms with Crippen LogP contribution >= 0.6 is 23.7 Å². The zero-order valence-corrected chi connectivity index (χ0v) is 13.8. The molecule has 0 fully saturated rings. The monoisotopic (exact) mass is 325 g/mol. The predicted octanol–water partition coefficient (Wildman–Crippen LogP) is 2.61. The van der Waals surface area contributed by atoms with Crippen molar-refractivity contribution in [2.75, 3.05) is 6.54 Å². The lowest BCUT2D eigenvalue weighted by atomic mass is 10.0. The van der Waals surface area contributed by atoms with Crippen LogP contribution in [0.4, 0.5) is 0 Å². The Bertz CT molecular complexity index is 592. The van der Waals surface area contributed by atoms with Gasteiger partial charge in [0.15, 0.2) is 0 Å². The molecule has 1 heterocycles. The van der Waals surface area contributed by atoms with Gasteiger partial charge < -0.3 is 11.1 Å². The molecule has 6 heteroatoms. The van der Waals surface area contributed by atoms with E-state index in [1.165, 1.54) is 28.0 Å². The van der Waals surface area contributed by atoms with E-state index in [4.69, 9.17) is 5.73 Å². The number of thiazole rings is 1. The van der Waals surface area contributed by atoms with Gasteiger partial charge in [-0.05, 0) is 37.0 Å². The molecule has 4 nitrogen and oxygen atoms in total. The molecule has 0 unspecified atom stereocenters. The third-order valence-corrected chi connectivity index (χ3v) is 4.14. The number of nitrogens with two attached hydrogens (primary N) is 1. The maximum Gasteiger partial charge on any atom is 0.270 e. The highest BCUT2D eigenvalue weighted by Crippen LogP contribution is 2.13. The molecule has 0 atom stereocenters. The van der Waals surface area contributed by atoms with Crippen LogP contribution in [-0.4, -0.2) is 17.4 Å². The molecule has 3 N–H and O–H groups in total. The number of carbonyl (C=O) groups excluding carboxylic acids is 1. The quantitative estimate of drug-likeness (QED) is 0.888. The first-order valence-corrected chi connectivity index (χ1v) is 7.47. The Hall–Kier alpha value is -1.43. The summed E-state index contributed by atoms with van der Waals surface area (Å²) >= 11 is 1.42. The van der Waals surface area contributed by atoms with E-state index in [-0.39, 0.29) is 18.3 Å². The van der Waals surface area contributed by atoms with Gasteiger partial charge in [-0.25, -0.2) is 4.98 Å². The molecule has 0 radical (unpaired) electrons. The summed E-state index contributed by atoms with van der Waals surface area (Å²) in [6.45, 7) is 5.18. The fourth-order valence-corrected chi connectivity index (χ4v) is 2.80. The lowest BCUT2D eigenvalue weighted by Gasteiger charge is -2.10. The molecule has 21 heavy (non-hydrogen) atoms. The first kappa shape index (κ1) is 17.6. The minimum atomic E-state index is -0.132. The molecule has 1 aromatic heterocycles. The maximum atomic E-state index is 11.9. The zero-order chi connectivity index (χ0) is 14.5. The van der Waals surface area contributed by atoms with Gasteiger partial charge >= 0.3 is 0 Å². The average molecular weight is 326 g/mol. The number of nitrogens with zero attached hydrogens (tertiary/aromatic N) is 1. The van der Waals surface area contributed by atoms with Gasteiger partial charge in [0.2, 0.25) is 0 Å². The average Bonchev–Trinajstić information content (AvgIpc) is 2.91. The summed E-state index contributed by atoms with van der Waals surface area (Å²) < 4.78 is 0. The molecule has 114 valence electrons. The Morgan fingerprint density at radius 3 is 2.57 bits per heavy atom. The fourth-order valence-electron chi connectivity index (χ4n) is 2.14. The molecular formula is C15H20ClN3OS. The number of amides is 1. The third kappa shape index (κ3) is 4.52. The molecule has 0 bridgehead atoms. The Kier molecular flexibility index (Phi) is 6.81. The second-order valence-electron chi connectivity index (χ2n) is 4.71. The van der Waals surface area contributed by atoms with E-state index in [2.05, 4.69) is 42.3 Å². The number of aromatic nitrogens is 1. The molecule has 0 aliphatic rings. The summed E-state index contributed by atoms with van der Waals surface area (Å²) in [7, 11) is 0. The number of halogens is 1. The van der Waals surface area contributed by atoms with Crippen molar-refractivity contribution in [3.8, 4) is 0 Å². The SMILES string of the molecule is Cc1cccc(C)c1CCNC(=O)c1csc(CN)n1.Cl. The highest BCUT2D eigenvalue weighted by molar-refractivity contribution is 7.09. The van der Waals surface area contributed by atoms with E-state index in [9.17, 15) is 4.79 Å². The number of hydrogen-bond donors (Lipinski definition) is 2. The van der Waals surface area contributed by atoms with E-state index >= 15 is 0 Å². The standard InChI is InChI=1S/C15H19N3OS.ClH/c1-10-4-3-5-11(2)12(10)6-7-17-15(19)13-9-20-14(8-16)18-13;/h3-5,9H,6-8,16H2,1-2H3,(H,17,19);1H. The Labute approximate surface area is 135 Å². The molecule has 2 rings (SSSR count). The van der Waals surface area contributed by atoms with Crippen LogP contribution in [0, 0.1) is 13.8 Å². The number of carbonyl (C=O) groups is 1. The van der Waals surface area contributed by atoms with Crippen LogP contribution in [0.1, 0.15) is 32.2 Å². The maximum absolute atomic E-state index is 11.9. The van der Waals surface area contributed by atoms with Crippen LogP contribution in [-0.2, 0) is 13.0 Å². The molecule has 0 saturated carbocycles. The number of aryl methyl sites for hydroxylation is 2. The first-order chi connectivity index (χ1) is 9.61. The van der Waals surface area contributed by atoms with Gasteiger partial charge in [0.05, 0.1) is 0 Å². The molecule has 1 aromatic carbocycles. The van der Waals surface area contributed by atoms with E-state index < -0.39 is 0 Å². The van der Waals surface area contributed by atoms with Crippen molar-refractivity contribution in [3.05, 3.63) is 51.0 Å². The highest BCUT2D eigenvalue weighted by Gasteiger charge is 2.10. The van der Waals surface area contributed by atoms with Gasteiger partial charge in [0.25, 0.3) is 5.91 Å². The van der Waals surface area contributed by atoms with E-state index in [1.807, 2.05) is 0 Å². The van der Waals surface area contributed by atoms with E-state index in [0.29, 0.717) is 18.8 Å². The highest BCUT2D eigenvalue weighted by atomic mass is 35.5. The van der Waals surface area contributed by atoms with Crippen molar-refractivity contribution < 1.29 is 4.79 Å². The number of rotatable bonds is 5. The van der Waals surface area contributed by atoms with Gasteiger partial charge in [-0.1, -0.05) is 18.2 Å².